The van der Waals surface area contributed by atoms with Crippen LogP contribution in [0.1, 0.15) is 22.9 Å². The van der Waals surface area contributed by atoms with Crippen molar-refractivity contribution in [3.8, 4) is 5.75 Å². The normalized spacial score (nSPS) is 12.2. The van der Waals surface area contributed by atoms with Crippen LogP contribution in [0.5, 0.6) is 5.75 Å². The van der Waals surface area contributed by atoms with Gasteiger partial charge in [-0.15, -0.1) is 11.3 Å². The van der Waals surface area contributed by atoms with Crippen molar-refractivity contribution in [1.29, 1.82) is 0 Å². The lowest BCUT2D eigenvalue weighted by Gasteiger charge is -2.23. The van der Waals surface area contributed by atoms with E-state index >= 15 is 0 Å². The summed E-state index contributed by atoms with van der Waals surface area (Å²) in [5.74, 6) is 0.919. The van der Waals surface area contributed by atoms with Gasteiger partial charge in [-0.05, 0) is 62.0 Å². The first-order valence-electron chi connectivity index (χ1n) is 8.15. The van der Waals surface area contributed by atoms with E-state index in [1.807, 2.05) is 38.2 Å². The summed E-state index contributed by atoms with van der Waals surface area (Å²) >= 11 is 1.74. The molecule has 0 aliphatic rings. The molecule has 4 nitrogen and oxygen atoms in total. The van der Waals surface area contributed by atoms with E-state index in [0.717, 1.165) is 18.7 Å². The lowest BCUT2D eigenvalue weighted by molar-refractivity contribution is -0.125. The summed E-state index contributed by atoms with van der Waals surface area (Å²) in [6.45, 7) is 5.50. The van der Waals surface area contributed by atoms with E-state index in [4.69, 9.17) is 4.74 Å². The Morgan fingerprint density at radius 3 is 2.58 bits per heavy atom. The fraction of sp³-hybridized carbons (Fsp3) is 0.421. The zero-order chi connectivity index (χ0) is 17.5. The molecule has 130 valence electrons. The standard InChI is InChI=1S/C19H26N2O2S/c1-14-10-12-24-18(14)13-21(3)15(2)19(22)20-11-9-16-5-7-17(23-4)8-6-16/h5-8,10,12,15H,9,11,13H2,1-4H3,(H,20,22). The van der Waals surface area contributed by atoms with Crippen LogP contribution >= 0.6 is 11.3 Å². The summed E-state index contributed by atoms with van der Waals surface area (Å²) < 4.78 is 5.15. The van der Waals surface area contributed by atoms with Crippen LogP contribution in [0.25, 0.3) is 0 Å². The molecule has 0 spiro atoms. The third kappa shape index (κ3) is 5.08. The van der Waals surface area contributed by atoms with Crippen LogP contribution in [0.4, 0.5) is 0 Å². The number of nitrogens with one attached hydrogen (secondary N) is 1. The molecule has 0 aliphatic carbocycles. The Labute approximate surface area is 148 Å². The monoisotopic (exact) mass is 346 g/mol. The van der Waals surface area contributed by atoms with Gasteiger partial charge in [0.15, 0.2) is 0 Å². The van der Waals surface area contributed by atoms with Gasteiger partial charge in [0.1, 0.15) is 5.75 Å². The van der Waals surface area contributed by atoms with Gasteiger partial charge in [0.05, 0.1) is 13.2 Å². The van der Waals surface area contributed by atoms with Crippen molar-refractivity contribution >= 4 is 17.2 Å². The van der Waals surface area contributed by atoms with Gasteiger partial charge in [0.25, 0.3) is 0 Å². The Balaban J connectivity index is 1.77. The first kappa shape index (κ1) is 18.5. The molecule has 1 unspecified atom stereocenters. The zero-order valence-corrected chi connectivity index (χ0v) is 15.7. The summed E-state index contributed by atoms with van der Waals surface area (Å²) in [5.41, 5.74) is 2.48. The second-order valence-electron chi connectivity index (χ2n) is 6.01. The van der Waals surface area contributed by atoms with Crippen LogP contribution in [0, 0.1) is 6.92 Å². The Hall–Kier alpha value is -1.85. The number of benzene rings is 1. The van der Waals surface area contributed by atoms with Crippen molar-refractivity contribution in [2.45, 2.75) is 32.9 Å². The van der Waals surface area contributed by atoms with Crippen LogP contribution in [-0.2, 0) is 17.8 Å². The van der Waals surface area contributed by atoms with Crippen LogP contribution in [0.2, 0.25) is 0 Å². The van der Waals surface area contributed by atoms with Crippen molar-refractivity contribution in [2.24, 2.45) is 0 Å². The number of thiophene rings is 1. The van der Waals surface area contributed by atoms with E-state index in [-0.39, 0.29) is 11.9 Å². The average molecular weight is 346 g/mol. The second-order valence-corrected chi connectivity index (χ2v) is 7.01. The number of methoxy groups -OCH3 is 1. The molecular formula is C19H26N2O2S. The zero-order valence-electron chi connectivity index (χ0n) is 14.8. The van der Waals surface area contributed by atoms with Gasteiger partial charge < -0.3 is 10.1 Å². The van der Waals surface area contributed by atoms with E-state index in [1.165, 1.54) is 16.0 Å². The number of hydrogen-bond donors (Lipinski definition) is 1. The van der Waals surface area contributed by atoms with Crippen molar-refractivity contribution < 1.29 is 9.53 Å². The molecule has 1 aromatic carbocycles. The molecule has 1 aromatic heterocycles. The number of carbonyl (C=O) groups excluding carboxylic acids is 1. The Kier molecular flexibility index (Phi) is 6.82. The van der Waals surface area contributed by atoms with Crippen molar-refractivity contribution in [3.63, 3.8) is 0 Å². The predicted molar refractivity (Wildman–Crippen MR) is 99.7 cm³/mol. The molecule has 24 heavy (non-hydrogen) atoms. The van der Waals surface area contributed by atoms with Crippen LogP contribution < -0.4 is 10.1 Å². The molecule has 0 saturated carbocycles. The number of nitrogens with zero attached hydrogens (tertiary/aromatic N) is 1. The smallest absolute Gasteiger partial charge is 0.237 e. The Morgan fingerprint density at radius 1 is 1.29 bits per heavy atom. The molecule has 2 aromatic rings. The number of ether oxygens (including phenoxy) is 1. The van der Waals surface area contributed by atoms with Gasteiger partial charge in [0, 0.05) is 18.0 Å². The number of aryl methyl sites for hydroxylation is 1. The van der Waals surface area contributed by atoms with Gasteiger partial charge in [-0.3, -0.25) is 9.69 Å². The molecule has 1 heterocycles. The van der Waals surface area contributed by atoms with E-state index < -0.39 is 0 Å². The van der Waals surface area contributed by atoms with Crippen molar-refractivity contribution in [2.75, 3.05) is 20.7 Å². The number of carbonyl (C=O) groups is 1. The number of hydrogen-bond acceptors (Lipinski definition) is 4. The molecule has 0 bridgehead atoms. The highest BCUT2D eigenvalue weighted by atomic mass is 32.1. The molecule has 1 atom stereocenters. The number of rotatable bonds is 8. The molecule has 0 radical (unpaired) electrons. The minimum Gasteiger partial charge on any atom is -0.497 e. The Morgan fingerprint density at radius 2 is 2.00 bits per heavy atom. The highest BCUT2D eigenvalue weighted by molar-refractivity contribution is 7.10. The quantitative estimate of drug-likeness (QED) is 0.798. The number of amides is 1. The van der Waals surface area contributed by atoms with Crippen molar-refractivity contribution in [3.05, 3.63) is 51.7 Å². The first-order chi connectivity index (χ1) is 11.5. The predicted octanol–water partition coefficient (Wildman–Crippen LogP) is 3.24. The summed E-state index contributed by atoms with van der Waals surface area (Å²) in [6.07, 6.45) is 0.816. The molecule has 0 fully saturated rings. The third-order valence-corrected chi connectivity index (χ3v) is 5.28. The summed E-state index contributed by atoms with van der Waals surface area (Å²) in [7, 11) is 3.65. The van der Waals surface area contributed by atoms with Gasteiger partial charge in [-0.2, -0.15) is 0 Å². The Bertz CT molecular complexity index is 652. The maximum Gasteiger partial charge on any atom is 0.237 e. The highest BCUT2D eigenvalue weighted by Crippen LogP contribution is 2.18. The summed E-state index contributed by atoms with van der Waals surface area (Å²) in [4.78, 5) is 15.7. The SMILES string of the molecule is COc1ccc(CCNC(=O)C(C)N(C)Cc2sccc2C)cc1. The molecular weight excluding hydrogens is 320 g/mol. The third-order valence-electron chi connectivity index (χ3n) is 4.27. The molecule has 1 amide bonds. The van der Waals surface area contributed by atoms with Gasteiger partial charge >= 0.3 is 0 Å². The fourth-order valence-corrected chi connectivity index (χ4v) is 3.37. The minimum absolute atomic E-state index is 0.0696. The summed E-state index contributed by atoms with van der Waals surface area (Å²) in [6, 6.07) is 9.91. The van der Waals surface area contributed by atoms with E-state index in [0.29, 0.717) is 6.54 Å². The topological polar surface area (TPSA) is 41.6 Å². The average Bonchev–Trinajstić information content (AvgIpc) is 2.99. The van der Waals surface area contributed by atoms with Crippen molar-refractivity contribution in [1.82, 2.24) is 10.2 Å². The highest BCUT2D eigenvalue weighted by Gasteiger charge is 2.18. The first-order valence-corrected chi connectivity index (χ1v) is 9.03. The second kappa shape index (κ2) is 8.85. The molecule has 0 saturated heterocycles. The van der Waals surface area contributed by atoms with Gasteiger partial charge in [0.2, 0.25) is 5.91 Å². The van der Waals surface area contributed by atoms with Gasteiger partial charge in [-0.25, -0.2) is 0 Å². The maximum absolute atomic E-state index is 12.3. The molecule has 0 aliphatic heterocycles. The van der Waals surface area contributed by atoms with Gasteiger partial charge in [-0.1, -0.05) is 12.1 Å². The minimum atomic E-state index is -0.151. The molecule has 2 rings (SSSR count). The number of likely N-dealkylation sites (N-methyl/N-ethyl adjacent to an activating group) is 1. The summed E-state index contributed by atoms with van der Waals surface area (Å²) in [5, 5.41) is 5.12. The molecule has 5 heteroatoms. The maximum atomic E-state index is 12.3. The molecule has 1 N–H and O–H groups in total. The van der Waals surface area contributed by atoms with E-state index in [2.05, 4.69) is 28.6 Å². The lowest BCUT2D eigenvalue weighted by Crippen LogP contribution is -2.43. The largest absolute Gasteiger partial charge is 0.497 e. The van der Waals surface area contributed by atoms with Crippen LogP contribution in [0.3, 0.4) is 0 Å². The van der Waals surface area contributed by atoms with Crippen LogP contribution in [-0.4, -0.2) is 37.6 Å². The fourth-order valence-electron chi connectivity index (χ4n) is 2.40. The van der Waals surface area contributed by atoms with Crippen LogP contribution in [0.15, 0.2) is 35.7 Å². The lowest BCUT2D eigenvalue weighted by atomic mass is 10.1. The van der Waals surface area contributed by atoms with E-state index in [1.54, 1.807) is 18.4 Å². The van der Waals surface area contributed by atoms with E-state index in [9.17, 15) is 4.79 Å².